The molecule has 0 spiro atoms. The number of carbonyl (C=O) groups is 1. The highest BCUT2D eigenvalue weighted by Crippen LogP contribution is 2.23. The number of nitrogens with one attached hydrogen (secondary N) is 1. The van der Waals surface area contributed by atoms with E-state index in [1.54, 1.807) is 11.8 Å². The van der Waals surface area contributed by atoms with Gasteiger partial charge in [-0.15, -0.1) is 11.8 Å². The first-order valence-corrected chi connectivity index (χ1v) is 7.43. The molecule has 0 aliphatic heterocycles. The molecule has 0 aliphatic carbocycles. The second-order valence-corrected chi connectivity index (χ2v) is 7.65. The van der Waals surface area contributed by atoms with Gasteiger partial charge in [-0.05, 0) is 25.7 Å². The lowest BCUT2D eigenvalue weighted by Crippen LogP contribution is -2.20. The van der Waals surface area contributed by atoms with Crippen LogP contribution in [0.5, 0.6) is 0 Å². The van der Waals surface area contributed by atoms with Crippen molar-refractivity contribution < 1.29 is 4.79 Å². The fourth-order valence-corrected chi connectivity index (χ4v) is 2.23. The van der Waals surface area contributed by atoms with Crippen molar-refractivity contribution in [3.8, 4) is 0 Å². The van der Waals surface area contributed by atoms with Crippen LogP contribution >= 0.6 is 11.8 Å². The minimum atomic E-state index is 0.0612. The molecule has 0 bridgehead atoms. The van der Waals surface area contributed by atoms with Crippen molar-refractivity contribution in [3.63, 3.8) is 0 Å². The highest BCUT2D eigenvalue weighted by molar-refractivity contribution is 8.01. The first-order chi connectivity index (χ1) is 8.78. The van der Waals surface area contributed by atoms with Gasteiger partial charge < -0.3 is 10.2 Å². The summed E-state index contributed by atoms with van der Waals surface area (Å²) in [5.41, 5.74) is 2.05. The van der Waals surface area contributed by atoms with E-state index < -0.39 is 0 Å². The largest absolute Gasteiger partial charge is 0.325 e. The number of hydrogen-bond donors (Lipinski definition) is 1. The van der Waals surface area contributed by atoms with Gasteiger partial charge in [-0.1, -0.05) is 39.0 Å². The molecule has 0 fully saturated rings. The Labute approximate surface area is 120 Å². The molecule has 4 heteroatoms. The summed E-state index contributed by atoms with van der Waals surface area (Å²) in [4.78, 5) is 14.0. The molecule has 0 aliphatic rings. The summed E-state index contributed by atoms with van der Waals surface area (Å²) in [6, 6.07) is 7.95. The van der Waals surface area contributed by atoms with Crippen LogP contribution in [0.4, 0.5) is 5.69 Å². The van der Waals surface area contributed by atoms with E-state index in [4.69, 9.17) is 0 Å². The van der Waals surface area contributed by atoms with Crippen molar-refractivity contribution in [1.82, 2.24) is 4.90 Å². The Bertz CT molecular complexity index is 424. The lowest BCUT2D eigenvalue weighted by atomic mass is 10.1. The van der Waals surface area contributed by atoms with Crippen molar-refractivity contribution in [2.24, 2.45) is 0 Å². The van der Waals surface area contributed by atoms with Crippen LogP contribution in [-0.4, -0.2) is 35.4 Å². The number of nitrogens with zero attached hydrogens (tertiary/aromatic N) is 1. The van der Waals surface area contributed by atoms with Crippen LogP contribution in [-0.2, 0) is 11.3 Å². The quantitative estimate of drug-likeness (QED) is 0.899. The highest BCUT2D eigenvalue weighted by Gasteiger charge is 2.14. The zero-order chi connectivity index (χ0) is 14.5. The van der Waals surface area contributed by atoms with E-state index in [0.29, 0.717) is 5.75 Å². The van der Waals surface area contributed by atoms with Gasteiger partial charge in [-0.3, -0.25) is 4.79 Å². The topological polar surface area (TPSA) is 32.3 Å². The molecule has 1 N–H and O–H groups in total. The van der Waals surface area contributed by atoms with E-state index in [1.165, 1.54) is 0 Å². The molecule has 1 aromatic rings. The van der Waals surface area contributed by atoms with E-state index in [9.17, 15) is 4.79 Å². The maximum atomic E-state index is 12.0. The first-order valence-electron chi connectivity index (χ1n) is 6.44. The molecule has 0 unspecified atom stereocenters. The number of thioether (sulfide) groups is 1. The Morgan fingerprint density at radius 3 is 2.47 bits per heavy atom. The van der Waals surface area contributed by atoms with Crippen LogP contribution < -0.4 is 5.32 Å². The third-order valence-corrected chi connectivity index (χ3v) is 3.69. The van der Waals surface area contributed by atoms with Gasteiger partial charge in [0, 0.05) is 17.0 Å². The first kappa shape index (κ1) is 16.1. The van der Waals surface area contributed by atoms with Gasteiger partial charge in [0.05, 0.1) is 5.75 Å². The summed E-state index contributed by atoms with van der Waals surface area (Å²) >= 11 is 1.66. The Morgan fingerprint density at radius 2 is 1.89 bits per heavy atom. The predicted molar refractivity (Wildman–Crippen MR) is 84.7 cm³/mol. The minimum Gasteiger partial charge on any atom is -0.325 e. The average molecular weight is 280 g/mol. The van der Waals surface area contributed by atoms with Gasteiger partial charge in [-0.25, -0.2) is 0 Å². The molecule has 1 amide bonds. The highest BCUT2D eigenvalue weighted by atomic mass is 32.2. The zero-order valence-corrected chi connectivity index (χ0v) is 13.3. The lowest BCUT2D eigenvalue weighted by Gasteiger charge is -2.18. The number of carbonyl (C=O) groups excluding carboxylic acids is 1. The molecule has 0 saturated heterocycles. The Hall–Kier alpha value is -1.000. The molecule has 0 radical (unpaired) electrons. The molecule has 3 nitrogen and oxygen atoms in total. The monoisotopic (exact) mass is 280 g/mol. The third kappa shape index (κ3) is 6.64. The fraction of sp³-hybridized carbons (Fsp3) is 0.533. The van der Waals surface area contributed by atoms with Crippen LogP contribution in [0.25, 0.3) is 0 Å². The van der Waals surface area contributed by atoms with Crippen LogP contribution in [0.3, 0.4) is 0 Å². The number of benzene rings is 1. The number of rotatable bonds is 5. The molecule has 1 rings (SSSR count). The predicted octanol–water partition coefficient (Wildman–Crippen LogP) is 3.22. The van der Waals surface area contributed by atoms with E-state index in [1.807, 2.05) is 38.4 Å². The zero-order valence-electron chi connectivity index (χ0n) is 12.5. The van der Waals surface area contributed by atoms with Crippen LogP contribution in [0, 0.1) is 0 Å². The summed E-state index contributed by atoms with van der Waals surface area (Å²) in [6.45, 7) is 7.17. The molecule has 0 heterocycles. The third-order valence-electron chi connectivity index (χ3n) is 2.41. The second kappa shape index (κ2) is 6.96. The smallest absolute Gasteiger partial charge is 0.234 e. The molecule has 1 aromatic carbocycles. The van der Waals surface area contributed by atoms with Crippen LogP contribution in [0.1, 0.15) is 26.3 Å². The van der Waals surface area contributed by atoms with Crippen LogP contribution in [0.15, 0.2) is 24.3 Å². The second-order valence-electron chi connectivity index (χ2n) is 5.84. The summed E-state index contributed by atoms with van der Waals surface area (Å²) in [5, 5.41) is 3.00. The van der Waals surface area contributed by atoms with Gasteiger partial charge in [0.15, 0.2) is 0 Å². The molecular formula is C15H24N2OS. The van der Waals surface area contributed by atoms with Crippen molar-refractivity contribution in [1.29, 1.82) is 0 Å². The lowest BCUT2D eigenvalue weighted by molar-refractivity contribution is -0.113. The number of anilines is 1. The molecule has 106 valence electrons. The number of hydrogen-bond acceptors (Lipinski definition) is 3. The average Bonchev–Trinajstić information content (AvgIpc) is 2.27. The summed E-state index contributed by atoms with van der Waals surface area (Å²) in [6.07, 6.45) is 0. The maximum absolute atomic E-state index is 12.0. The number of amides is 1. The summed E-state index contributed by atoms with van der Waals surface area (Å²) in [5.74, 6) is 0.547. The van der Waals surface area contributed by atoms with Gasteiger partial charge in [0.1, 0.15) is 0 Å². The van der Waals surface area contributed by atoms with Crippen LogP contribution in [0.2, 0.25) is 0 Å². The normalized spacial score (nSPS) is 11.7. The minimum absolute atomic E-state index is 0.0612. The SMILES string of the molecule is CN(C)Cc1ccccc1NC(=O)CSC(C)(C)C. The summed E-state index contributed by atoms with van der Waals surface area (Å²) in [7, 11) is 4.04. The molecule has 0 atom stereocenters. The van der Waals surface area contributed by atoms with Crippen molar-refractivity contribution in [2.45, 2.75) is 32.1 Å². The standard InChI is InChI=1S/C15H24N2OS/c1-15(2,3)19-11-14(18)16-13-9-7-6-8-12(13)10-17(4)5/h6-9H,10-11H2,1-5H3,(H,16,18). The van der Waals surface area contributed by atoms with Gasteiger partial charge in [0.2, 0.25) is 5.91 Å². The summed E-state index contributed by atoms with van der Waals surface area (Å²) < 4.78 is 0.112. The molecular weight excluding hydrogens is 256 g/mol. The molecule has 0 saturated carbocycles. The van der Waals surface area contributed by atoms with Crippen molar-refractivity contribution in [2.75, 3.05) is 25.2 Å². The van der Waals surface area contributed by atoms with E-state index in [-0.39, 0.29) is 10.7 Å². The Kier molecular flexibility index (Phi) is 5.88. The van der Waals surface area contributed by atoms with E-state index in [2.05, 4.69) is 31.0 Å². The maximum Gasteiger partial charge on any atom is 0.234 e. The Morgan fingerprint density at radius 1 is 1.26 bits per heavy atom. The Balaban J connectivity index is 2.63. The molecule has 0 aromatic heterocycles. The van der Waals surface area contributed by atoms with E-state index >= 15 is 0 Å². The molecule has 19 heavy (non-hydrogen) atoms. The van der Waals surface area contributed by atoms with Crippen molar-refractivity contribution >= 4 is 23.4 Å². The number of para-hydroxylation sites is 1. The van der Waals surface area contributed by atoms with Gasteiger partial charge in [0.25, 0.3) is 0 Å². The van der Waals surface area contributed by atoms with Crippen molar-refractivity contribution in [3.05, 3.63) is 29.8 Å². The van der Waals surface area contributed by atoms with Gasteiger partial charge in [-0.2, -0.15) is 0 Å². The van der Waals surface area contributed by atoms with E-state index in [0.717, 1.165) is 17.8 Å². The fourth-order valence-electron chi connectivity index (χ4n) is 1.59. The van der Waals surface area contributed by atoms with Gasteiger partial charge >= 0.3 is 0 Å².